The van der Waals surface area contributed by atoms with Crippen molar-refractivity contribution in [1.29, 1.82) is 10.5 Å². The van der Waals surface area contributed by atoms with Crippen LogP contribution in [0.3, 0.4) is 0 Å². The molecule has 0 amide bonds. The van der Waals surface area contributed by atoms with Crippen molar-refractivity contribution in [3.63, 3.8) is 0 Å². The lowest BCUT2D eigenvalue weighted by Crippen LogP contribution is -2.26. The van der Waals surface area contributed by atoms with Crippen LogP contribution in [0, 0.1) is 22.7 Å². The third-order valence-electron chi connectivity index (χ3n) is 9.39. The molecule has 0 N–H and O–H groups in total. The fraction of sp³-hybridized carbons (Fsp3) is 0.0732. The largest absolute Gasteiger partial charge is 0.268 e. The van der Waals surface area contributed by atoms with Gasteiger partial charge in [-0.3, -0.25) is 9.20 Å². The first-order valence-electron chi connectivity index (χ1n) is 15.2. The van der Waals surface area contributed by atoms with Gasteiger partial charge < -0.3 is 0 Å². The van der Waals surface area contributed by atoms with Crippen LogP contribution in [-0.4, -0.2) is 9.38 Å². The zero-order valence-electron chi connectivity index (χ0n) is 25.0. The number of nitrogens with zero attached hydrogens (tertiary/aromatic N) is 4. The number of benzene rings is 5. The molecule has 1 unspecified atom stereocenters. The maximum atomic E-state index is 14.6. The Morgan fingerprint density at radius 1 is 0.717 bits per heavy atom. The van der Waals surface area contributed by atoms with Crippen molar-refractivity contribution in [3.8, 4) is 23.3 Å². The molecule has 0 saturated heterocycles. The number of rotatable bonds is 3. The van der Waals surface area contributed by atoms with Gasteiger partial charge in [-0.15, -0.1) is 0 Å². The summed E-state index contributed by atoms with van der Waals surface area (Å²) in [5, 5.41) is 23.6. The van der Waals surface area contributed by atoms with Crippen LogP contribution in [0.15, 0.2) is 126 Å². The summed E-state index contributed by atoms with van der Waals surface area (Å²) in [4.78, 5) is 19.7. The van der Waals surface area contributed by atoms with Crippen LogP contribution >= 0.6 is 0 Å². The highest BCUT2D eigenvalue weighted by Gasteiger charge is 2.35. The molecule has 1 atom stereocenters. The Bertz CT molecular complexity index is 2530. The molecule has 8 rings (SSSR count). The fourth-order valence-corrected chi connectivity index (χ4v) is 7.06. The third-order valence-corrected chi connectivity index (χ3v) is 9.39. The molecule has 0 bridgehead atoms. The number of imidazole rings is 1. The van der Waals surface area contributed by atoms with Crippen LogP contribution in [-0.2, 0) is 5.41 Å². The van der Waals surface area contributed by atoms with E-state index in [1.807, 2.05) is 84.9 Å². The summed E-state index contributed by atoms with van der Waals surface area (Å²) in [6.45, 7) is 2.10. The second-order valence-corrected chi connectivity index (χ2v) is 12.0. The maximum Gasteiger partial charge on any atom is 0.264 e. The summed E-state index contributed by atoms with van der Waals surface area (Å²) >= 11 is 0. The summed E-state index contributed by atoms with van der Waals surface area (Å²) in [5.41, 5.74) is 6.77. The Morgan fingerprint density at radius 2 is 1.37 bits per heavy atom. The second-order valence-electron chi connectivity index (χ2n) is 12.0. The highest BCUT2D eigenvalue weighted by molar-refractivity contribution is 6.20. The van der Waals surface area contributed by atoms with E-state index in [9.17, 15) is 15.3 Å². The monoisotopic (exact) mass is 590 g/mol. The minimum Gasteiger partial charge on any atom is -0.268 e. The molecule has 5 nitrogen and oxygen atoms in total. The van der Waals surface area contributed by atoms with Crippen molar-refractivity contribution in [1.82, 2.24) is 9.38 Å². The first kappa shape index (κ1) is 27.3. The first-order valence-corrected chi connectivity index (χ1v) is 15.2. The molecule has 1 aliphatic rings. The number of aromatic nitrogens is 2. The lowest BCUT2D eigenvalue weighted by Gasteiger charge is -2.32. The molecular formula is C41H26N4O. The normalized spacial score (nSPS) is 16.2. The molecular weight excluding hydrogens is 564 g/mol. The van der Waals surface area contributed by atoms with Gasteiger partial charge in [0.15, 0.2) is 0 Å². The molecule has 2 aromatic heterocycles. The Hall–Kier alpha value is -6.30. The van der Waals surface area contributed by atoms with E-state index in [-0.39, 0.29) is 5.56 Å². The molecule has 0 radical (unpaired) electrons. The molecule has 1 aliphatic carbocycles. The Balaban J connectivity index is 1.51. The molecule has 5 aromatic carbocycles. The summed E-state index contributed by atoms with van der Waals surface area (Å²) in [5.74, 6) is 0. The van der Waals surface area contributed by atoms with Gasteiger partial charge in [-0.2, -0.15) is 10.5 Å². The van der Waals surface area contributed by atoms with Crippen molar-refractivity contribution in [2.75, 3.05) is 0 Å². The predicted octanol–water partition coefficient (Wildman–Crippen LogP) is 8.79. The van der Waals surface area contributed by atoms with Crippen LogP contribution in [0.4, 0.5) is 0 Å². The molecule has 5 heteroatoms. The van der Waals surface area contributed by atoms with Gasteiger partial charge in [0.25, 0.3) is 5.56 Å². The zero-order valence-corrected chi connectivity index (χ0v) is 25.0. The van der Waals surface area contributed by atoms with Crippen molar-refractivity contribution < 1.29 is 0 Å². The SMILES string of the molecule is CC1(c2ccccc2)CC(c2ccccc2)=Cc2nc3c4ccc(-c5ccccc5)c5c(C#N)ccc(c(=O)n3c2C=C1C#N)c54. The summed E-state index contributed by atoms with van der Waals surface area (Å²) < 4.78 is 1.65. The Kier molecular flexibility index (Phi) is 6.17. The molecule has 2 heterocycles. The second kappa shape index (κ2) is 10.4. The minimum atomic E-state index is -0.665. The molecule has 46 heavy (non-hydrogen) atoms. The summed E-state index contributed by atoms with van der Waals surface area (Å²) in [6.07, 6.45) is 4.48. The van der Waals surface area contributed by atoms with Gasteiger partial charge in [0.1, 0.15) is 5.65 Å². The van der Waals surface area contributed by atoms with E-state index in [1.54, 1.807) is 16.5 Å². The Morgan fingerprint density at radius 3 is 2.04 bits per heavy atom. The molecule has 0 spiro atoms. The number of pyridine rings is 1. The number of fused-ring (bicyclic) bond motifs is 4. The lowest BCUT2D eigenvalue weighted by atomic mass is 9.70. The standard InChI is InChI=1S/C41H26N4O/c1-41(30-15-9-4-10-16-30)23-29(26-11-5-2-6-12-26)21-35-36(22-31(41)25-43)45-39(44-35)33-20-19-32(27-13-7-3-8-14-27)37-28(24-42)17-18-34(38(33)37)40(45)46/h2-22H,23H2,1H3. The predicted molar refractivity (Wildman–Crippen MR) is 184 cm³/mol. The van der Waals surface area contributed by atoms with E-state index >= 15 is 0 Å². The van der Waals surface area contributed by atoms with E-state index in [0.717, 1.165) is 44.0 Å². The van der Waals surface area contributed by atoms with Gasteiger partial charge in [-0.25, -0.2) is 4.98 Å². The lowest BCUT2D eigenvalue weighted by molar-refractivity contribution is 0.593. The summed E-state index contributed by atoms with van der Waals surface area (Å²) in [7, 11) is 0. The van der Waals surface area contributed by atoms with Gasteiger partial charge in [0.05, 0.1) is 29.1 Å². The molecule has 216 valence electrons. The van der Waals surface area contributed by atoms with Crippen LogP contribution < -0.4 is 5.56 Å². The van der Waals surface area contributed by atoms with Gasteiger partial charge in [-0.1, -0.05) is 104 Å². The van der Waals surface area contributed by atoms with Crippen LogP contribution in [0.5, 0.6) is 0 Å². The van der Waals surface area contributed by atoms with Gasteiger partial charge in [-0.05, 0) is 64.6 Å². The van der Waals surface area contributed by atoms with Crippen LogP contribution in [0.1, 0.15) is 41.4 Å². The quantitative estimate of drug-likeness (QED) is 0.206. The number of nitriles is 2. The number of allylic oxidation sites excluding steroid dienone is 2. The third kappa shape index (κ3) is 4.00. The number of hydrogen-bond acceptors (Lipinski definition) is 4. The topological polar surface area (TPSA) is 81.9 Å². The fourth-order valence-electron chi connectivity index (χ4n) is 7.06. The number of hydrogen-bond donors (Lipinski definition) is 0. The van der Waals surface area contributed by atoms with Crippen molar-refractivity contribution in [2.24, 2.45) is 0 Å². The van der Waals surface area contributed by atoms with E-state index < -0.39 is 5.41 Å². The molecule has 7 aromatic rings. The minimum absolute atomic E-state index is 0.235. The van der Waals surface area contributed by atoms with Gasteiger partial charge in [0.2, 0.25) is 0 Å². The molecule has 0 fully saturated rings. The van der Waals surface area contributed by atoms with Crippen molar-refractivity contribution in [3.05, 3.63) is 159 Å². The smallest absolute Gasteiger partial charge is 0.264 e. The Labute approximate surface area is 265 Å². The molecule has 0 saturated carbocycles. The van der Waals surface area contributed by atoms with E-state index in [2.05, 4.69) is 49.4 Å². The highest BCUT2D eigenvalue weighted by Crippen LogP contribution is 2.44. The maximum absolute atomic E-state index is 14.6. The summed E-state index contributed by atoms with van der Waals surface area (Å²) in [6, 6.07) is 42.5. The first-order chi connectivity index (χ1) is 22.5. The van der Waals surface area contributed by atoms with Crippen LogP contribution in [0.2, 0.25) is 0 Å². The van der Waals surface area contributed by atoms with Crippen molar-refractivity contribution >= 4 is 44.9 Å². The average molecular weight is 591 g/mol. The molecule has 0 aliphatic heterocycles. The van der Waals surface area contributed by atoms with E-state index in [4.69, 9.17) is 4.98 Å². The van der Waals surface area contributed by atoms with Gasteiger partial charge in [0, 0.05) is 32.5 Å². The zero-order chi connectivity index (χ0) is 31.4. The highest BCUT2D eigenvalue weighted by atomic mass is 16.1. The van der Waals surface area contributed by atoms with Crippen LogP contribution in [0.25, 0.3) is 56.0 Å². The van der Waals surface area contributed by atoms with E-state index in [0.29, 0.717) is 40.0 Å². The van der Waals surface area contributed by atoms with Gasteiger partial charge >= 0.3 is 0 Å². The average Bonchev–Trinajstić information content (AvgIpc) is 3.46. The van der Waals surface area contributed by atoms with E-state index in [1.165, 1.54) is 0 Å². The van der Waals surface area contributed by atoms with Crippen molar-refractivity contribution in [2.45, 2.75) is 18.8 Å².